The minimum atomic E-state index is -0.396. The highest BCUT2D eigenvalue weighted by Crippen LogP contribution is 2.50. The van der Waals surface area contributed by atoms with E-state index in [1.54, 1.807) is 13.2 Å². The molecule has 1 aliphatic rings. The first-order chi connectivity index (χ1) is 13.9. The molecule has 1 N–H and O–H groups in total. The lowest BCUT2D eigenvalue weighted by Crippen LogP contribution is -2.26. The van der Waals surface area contributed by atoms with E-state index in [9.17, 15) is 14.9 Å². The van der Waals surface area contributed by atoms with Crippen molar-refractivity contribution < 1.29 is 19.0 Å². The van der Waals surface area contributed by atoms with E-state index in [1.165, 1.54) is 33.3 Å². The third-order valence-corrected chi connectivity index (χ3v) is 5.04. The number of hydrogen-bond donors (Lipinski definition) is 1. The molecule has 3 rings (SSSR count). The zero-order valence-corrected chi connectivity index (χ0v) is 16.8. The molecule has 2 aromatic rings. The fraction of sp³-hybridized carbons (Fsp3) is 0.318. The molecule has 2 aromatic carbocycles. The number of nitrogens with zero attached hydrogens (tertiary/aromatic N) is 1. The second-order valence-electron chi connectivity index (χ2n) is 6.71. The molecular weight excluding hydrogens is 372 g/mol. The molecule has 0 aromatic heterocycles. The zero-order valence-electron chi connectivity index (χ0n) is 16.8. The molecule has 0 bridgehead atoms. The van der Waals surface area contributed by atoms with Crippen molar-refractivity contribution in [3.8, 4) is 34.4 Å². The number of methoxy groups -OCH3 is 3. The van der Waals surface area contributed by atoms with E-state index in [0.29, 0.717) is 41.2 Å². The number of nitrogens with one attached hydrogen (secondary N) is 1. The van der Waals surface area contributed by atoms with Crippen LogP contribution < -0.4 is 25.0 Å². The summed E-state index contributed by atoms with van der Waals surface area (Å²) in [5.74, 6) is 1.24. The number of carbonyl (C=O) groups excluding carboxylic acids is 1. The maximum atomic E-state index is 12.5. The summed E-state index contributed by atoms with van der Waals surface area (Å²) in [6, 6.07) is 8.08. The van der Waals surface area contributed by atoms with Crippen molar-refractivity contribution in [1.29, 1.82) is 5.26 Å². The van der Waals surface area contributed by atoms with Gasteiger partial charge in [-0.15, -0.1) is 0 Å². The molecule has 0 radical (unpaired) electrons. The van der Waals surface area contributed by atoms with Crippen LogP contribution >= 0.6 is 0 Å². The first kappa shape index (κ1) is 20.2. The summed E-state index contributed by atoms with van der Waals surface area (Å²) in [4.78, 5) is 24.4. The van der Waals surface area contributed by atoms with Gasteiger partial charge in [0.1, 0.15) is 6.07 Å². The highest BCUT2D eigenvalue weighted by Gasteiger charge is 2.29. The van der Waals surface area contributed by atoms with E-state index < -0.39 is 5.43 Å². The second-order valence-corrected chi connectivity index (χ2v) is 6.71. The number of hydrogen-bond acceptors (Lipinski definition) is 6. The molecule has 0 fully saturated rings. The van der Waals surface area contributed by atoms with Crippen LogP contribution in [0.2, 0.25) is 0 Å². The number of fused-ring (bicyclic) bond motifs is 3. The van der Waals surface area contributed by atoms with Crippen LogP contribution in [0.3, 0.4) is 0 Å². The lowest BCUT2D eigenvalue weighted by molar-refractivity contribution is -0.119. The number of aryl methyl sites for hydroxylation is 1. The van der Waals surface area contributed by atoms with Crippen molar-refractivity contribution in [3.63, 3.8) is 0 Å². The molecule has 0 heterocycles. The fourth-order valence-electron chi connectivity index (χ4n) is 3.80. The number of nitriles is 1. The van der Waals surface area contributed by atoms with Gasteiger partial charge in [0.15, 0.2) is 16.9 Å². The van der Waals surface area contributed by atoms with Crippen molar-refractivity contribution in [1.82, 2.24) is 5.32 Å². The SMILES string of the molecule is COc1cc2c(c(OC)c1OC)-c1ccc(C#N)c(=O)cc1[C@@H](NC(C)=O)CC2. The van der Waals surface area contributed by atoms with Crippen molar-refractivity contribution in [3.05, 3.63) is 51.2 Å². The molecule has 7 heteroatoms. The first-order valence-corrected chi connectivity index (χ1v) is 9.12. The third-order valence-electron chi connectivity index (χ3n) is 5.04. The van der Waals surface area contributed by atoms with Gasteiger partial charge < -0.3 is 19.5 Å². The average Bonchev–Trinajstić information content (AvgIpc) is 2.95. The molecule has 0 aliphatic heterocycles. The molecule has 1 amide bonds. The highest BCUT2D eigenvalue weighted by molar-refractivity contribution is 5.83. The van der Waals surface area contributed by atoms with Gasteiger partial charge in [0.25, 0.3) is 0 Å². The Morgan fingerprint density at radius 1 is 1.14 bits per heavy atom. The number of rotatable bonds is 4. The molecule has 0 saturated carbocycles. The summed E-state index contributed by atoms with van der Waals surface area (Å²) in [6.45, 7) is 1.44. The fourth-order valence-corrected chi connectivity index (χ4v) is 3.80. The zero-order chi connectivity index (χ0) is 21.1. The van der Waals surface area contributed by atoms with Gasteiger partial charge in [0, 0.05) is 12.5 Å². The van der Waals surface area contributed by atoms with E-state index in [4.69, 9.17) is 14.2 Å². The van der Waals surface area contributed by atoms with Crippen LogP contribution in [0, 0.1) is 11.3 Å². The number of benzene rings is 1. The Morgan fingerprint density at radius 2 is 1.86 bits per heavy atom. The van der Waals surface area contributed by atoms with E-state index in [-0.39, 0.29) is 17.5 Å². The molecular formula is C22H22N2O5. The summed E-state index contributed by atoms with van der Waals surface area (Å²) in [5, 5.41) is 12.2. The standard InChI is InChI=1S/C22H22N2O5/c1-12(25)24-17-8-6-13-9-19(27-2)21(28-3)22(29-4)20(13)15-7-5-14(11-23)18(26)10-16(15)17/h5,7,9-10,17H,6,8H2,1-4H3,(H,24,25)/t17-/m0/s1. The number of carbonyl (C=O) groups is 1. The van der Waals surface area contributed by atoms with Crippen LogP contribution in [0.5, 0.6) is 17.2 Å². The minimum absolute atomic E-state index is 0.0284. The Balaban J connectivity index is 2.43. The summed E-state index contributed by atoms with van der Waals surface area (Å²) in [5.41, 5.74) is 2.66. The van der Waals surface area contributed by atoms with E-state index in [2.05, 4.69) is 5.32 Å². The van der Waals surface area contributed by atoms with Gasteiger partial charge in [-0.05, 0) is 47.7 Å². The predicted octanol–water partition coefficient (Wildman–Crippen LogP) is 2.73. The van der Waals surface area contributed by atoms with E-state index >= 15 is 0 Å². The van der Waals surface area contributed by atoms with Crippen LogP contribution in [-0.2, 0) is 11.2 Å². The largest absolute Gasteiger partial charge is 0.493 e. The Bertz CT molecular complexity index is 1070. The average molecular weight is 394 g/mol. The Hall–Kier alpha value is -3.53. The van der Waals surface area contributed by atoms with Gasteiger partial charge in [-0.25, -0.2) is 0 Å². The lowest BCUT2D eigenvalue weighted by Gasteiger charge is -2.19. The molecule has 1 aliphatic carbocycles. The summed E-state index contributed by atoms with van der Waals surface area (Å²) < 4.78 is 16.7. The number of ether oxygens (including phenoxy) is 3. The summed E-state index contributed by atoms with van der Waals surface area (Å²) in [6.07, 6.45) is 1.19. The smallest absolute Gasteiger partial charge is 0.217 e. The maximum Gasteiger partial charge on any atom is 0.217 e. The molecule has 1 atom stereocenters. The molecule has 29 heavy (non-hydrogen) atoms. The van der Waals surface area contributed by atoms with Crippen LogP contribution in [0.1, 0.15) is 36.1 Å². The Labute approximate surface area is 168 Å². The quantitative estimate of drug-likeness (QED) is 0.856. The van der Waals surface area contributed by atoms with Crippen LogP contribution in [0.4, 0.5) is 0 Å². The second kappa shape index (κ2) is 8.23. The maximum absolute atomic E-state index is 12.5. The first-order valence-electron chi connectivity index (χ1n) is 9.12. The van der Waals surface area contributed by atoms with Crippen molar-refractivity contribution in [2.45, 2.75) is 25.8 Å². The molecule has 0 spiro atoms. The topological polar surface area (TPSA) is 97.7 Å². The molecule has 0 saturated heterocycles. The normalized spacial score (nSPS) is 14.5. The monoisotopic (exact) mass is 394 g/mol. The van der Waals surface area contributed by atoms with Gasteiger partial charge in [-0.3, -0.25) is 9.59 Å². The molecule has 150 valence electrons. The predicted molar refractivity (Wildman–Crippen MR) is 107 cm³/mol. The van der Waals surface area contributed by atoms with Gasteiger partial charge in [-0.1, -0.05) is 6.07 Å². The van der Waals surface area contributed by atoms with Crippen LogP contribution in [0.25, 0.3) is 11.1 Å². The van der Waals surface area contributed by atoms with Gasteiger partial charge >= 0.3 is 0 Å². The summed E-state index contributed by atoms with van der Waals surface area (Å²) in [7, 11) is 4.62. The molecule has 7 nitrogen and oxygen atoms in total. The van der Waals surface area contributed by atoms with Crippen LogP contribution in [0.15, 0.2) is 29.1 Å². The lowest BCUT2D eigenvalue weighted by atomic mass is 9.95. The van der Waals surface area contributed by atoms with E-state index in [0.717, 1.165) is 11.1 Å². The summed E-state index contributed by atoms with van der Waals surface area (Å²) >= 11 is 0. The van der Waals surface area contributed by atoms with Gasteiger partial charge in [0.2, 0.25) is 11.7 Å². The minimum Gasteiger partial charge on any atom is -0.493 e. The third kappa shape index (κ3) is 3.61. The molecule has 0 unspecified atom stereocenters. The Morgan fingerprint density at radius 3 is 2.45 bits per heavy atom. The van der Waals surface area contributed by atoms with Gasteiger partial charge in [-0.2, -0.15) is 5.26 Å². The number of amides is 1. The Kier molecular flexibility index (Phi) is 5.74. The van der Waals surface area contributed by atoms with Crippen molar-refractivity contribution in [2.24, 2.45) is 0 Å². The van der Waals surface area contributed by atoms with Crippen LogP contribution in [-0.4, -0.2) is 27.2 Å². The van der Waals surface area contributed by atoms with Crippen molar-refractivity contribution >= 4 is 5.91 Å². The highest BCUT2D eigenvalue weighted by atomic mass is 16.5. The van der Waals surface area contributed by atoms with Crippen molar-refractivity contribution in [2.75, 3.05) is 21.3 Å². The van der Waals surface area contributed by atoms with Gasteiger partial charge in [0.05, 0.1) is 32.9 Å². The van der Waals surface area contributed by atoms with E-state index in [1.807, 2.05) is 12.1 Å².